The maximum atomic E-state index is 12.5. The summed E-state index contributed by atoms with van der Waals surface area (Å²) < 4.78 is 9.66. The lowest BCUT2D eigenvalue weighted by Gasteiger charge is -2.29. The minimum Gasteiger partial charge on any atom is -0.423 e. The molecule has 138 valence electrons. The zero-order valence-corrected chi connectivity index (χ0v) is 13.6. The number of ether oxygens (including phenoxy) is 2. The van der Waals surface area contributed by atoms with E-state index in [9.17, 15) is 24.6 Å². The van der Waals surface area contributed by atoms with Gasteiger partial charge in [0.15, 0.2) is 18.0 Å². The number of nitrogens with two attached hydrogens (primary N) is 1. The number of esters is 3. The van der Waals surface area contributed by atoms with Crippen molar-refractivity contribution < 1.29 is 34.1 Å². The molecule has 10 heteroatoms. The molecule has 2 aliphatic heterocycles. The summed E-state index contributed by atoms with van der Waals surface area (Å²) in [7, 11) is 0. The zero-order valence-electron chi connectivity index (χ0n) is 13.6. The summed E-state index contributed by atoms with van der Waals surface area (Å²) >= 11 is 0. The molecule has 3 heterocycles. The number of fused-ring (bicyclic) bond motifs is 2. The molecule has 1 aromatic rings. The van der Waals surface area contributed by atoms with Crippen LogP contribution >= 0.6 is 0 Å². The molecular weight excluding hydrogens is 346 g/mol. The molecule has 0 spiro atoms. The van der Waals surface area contributed by atoms with E-state index >= 15 is 0 Å². The van der Waals surface area contributed by atoms with Gasteiger partial charge in [0.05, 0.1) is 0 Å². The van der Waals surface area contributed by atoms with Gasteiger partial charge in [0, 0.05) is 30.9 Å². The number of hydrogen-bond acceptors (Lipinski definition) is 10. The number of aliphatic hydroxyl groups excluding tert-OH is 2. The number of pyridine rings is 1. The number of aliphatic hydroxyl groups is 2. The molecule has 26 heavy (non-hydrogen) atoms. The van der Waals surface area contributed by atoms with Crippen LogP contribution in [0.1, 0.15) is 23.2 Å². The summed E-state index contributed by atoms with van der Waals surface area (Å²) in [5.41, 5.74) is 5.62. The van der Waals surface area contributed by atoms with Crippen molar-refractivity contribution in [2.45, 2.75) is 37.1 Å². The molecule has 4 rings (SSSR count). The average molecular weight is 363 g/mol. The van der Waals surface area contributed by atoms with Crippen molar-refractivity contribution in [1.82, 2.24) is 4.98 Å². The fourth-order valence-corrected chi connectivity index (χ4v) is 3.63. The van der Waals surface area contributed by atoms with E-state index in [1.807, 2.05) is 4.90 Å². The van der Waals surface area contributed by atoms with E-state index < -0.39 is 30.1 Å². The van der Waals surface area contributed by atoms with Crippen LogP contribution < -0.4 is 15.4 Å². The van der Waals surface area contributed by atoms with Crippen LogP contribution in [0.4, 0.5) is 5.82 Å². The van der Waals surface area contributed by atoms with Crippen LogP contribution in [0.3, 0.4) is 0 Å². The molecule has 0 amide bonds. The van der Waals surface area contributed by atoms with Gasteiger partial charge < -0.3 is 30.3 Å². The third-order valence-electron chi connectivity index (χ3n) is 5.01. The van der Waals surface area contributed by atoms with Crippen molar-refractivity contribution in [3.8, 4) is 5.75 Å². The molecule has 1 aromatic heterocycles. The number of cyclic esters (lactones) is 2. The molecule has 0 bridgehead atoms. The highest BCUT2D eigenvalue weighted by molar-refractivity contribution is 6.05. The van der Waals surface area contributed by atoms with Crippen molar-refractivity contribution in [2.24, 2.45) is 11.7 Å². The fourth-order valence-electron chi connectivity index (χ4n) is 3.63. The molecular formula is C16H17N3O7. The normalized spacial score (nSPS) is 33.4. The Labute approximate surface area is 147 Å². The molecule has 10 nitrogen and oxygen atoms in total. The second-order valence-electron chi connectivity index (χ2n) is 6.62. The van der Waals surface area contributed by atoms with Crippen molar-refractivity contribution in [3.05, 3.63) is 17.8 Å². The molecule has 1 saturated heterocycles. The van der Waals surface area contributed by atoms with Crippen LogP contribution in [0.15, 0.2) is 12.3 Å². The van der Waals surface area contributed by atoms with Gasteiger partial charge >= 0.3 is 17.9 Å². The topological polar surface area (TPSA) is 152 Å². The smallest absolute Gasteiger partial charge is 0.353 e. The van der Waals surface area contributed by atoms with Crippen LogP contribution in [0.25, 0.3) is 0 Å². The number of piperidine rings is 1. The Morgan fingerprint density at radius 2 is 1.85 bits per heavy atom. The summed E-state index contributed by atoms with van der Waals surface area (Å²) in [6.07, 6.45) is -1.26. The Morgan fingerprint density at radius 3 is 2.54 bits per heavy atom. The van der Waals surface area contributed by atoms with Gasteiger partial charge in [0.1, 0.15) is 11.4 Å². The molecule has 0 radical (unpaired) electrons. The standard InChI is InChI=1S/C16H17N3O7/c17-5-7-3-6-4-8(6)19(7)13-10-9(1-2-18-13)25-15(23)11(20)12(21)16(24)26-14(10)22/h1-2,6-8,11-12,20-21H,3-5,17H2. The second-order valence-corrected chi connectivity index (χ2v) is 6.62. The highest BCUT2D eigenvalue weighted by Crippen LogP contribution is 2.50. The number of nitrogens with zero attached hydrogens (tertiary/aromatic N) is 2. The Balaban J connectivity index is 1.81. The van der Waals surface area contributed by atoms with E-state index in [1.165, 1.54) is 12.3 Å². The van der Waals surface area contributed by atoms with Crippen LogP contribution in [0.2, 0.25) is 0 Å². The van der Waals surface area contributed by atoms with Crippen LogP contribution in [-0.4, -0.2) is 63.9 Å². The molecule has 0 aromatic carbocycles. The number of aromatic nitrogens is 1. The van der Waals surface area contributed by atoms with Gasteiger partial charge in [-0.2, -0.15) is 0 Å². The number of rotatable bonds is 2. The Bertz CT molecular complexity index is 798. The summed E-state index contributed by atoms with van der Waals surface area (Å²) in [6.45, 7) is 0.351. The number of carbonyl (C=O) groups excluding carboxylic acids is 3. The van der Waals surface area contributed by atoms with Crippen LogP contribution in [0.5, 0.6) is 5.75 Å². The van der Waals surface area contributed by atoms with E-state index in [2.05, 4.69) is 9.72 Å². The average Bonchev–Trinajstić information content (AvgIpc) is 3.29. The molecule has 3 aliphatic rings. The van der Waals surface area contributed by atoms with Crippen molar-refractivity contribution in [1.29, 1.82) is 0 Å². The maximum absolute atomic E-state index is 12.5. The third kappa shape index (κ3) is 2.54. The molecule has 1 aliphatic carbocycles. The lowest BCUT2D eigenvalue weighted by atomic mass is 10.1. The first-order valence-electron chi connectivity index (χ1n) is 8.23. The minimum atomic E-state index is -2.23. The molecule has 2 fully saturated rings. The maximum Gasteiger partial charge on any atom is 0.353 e. The first-order chi connectivity index (χ1) is 12.4. The van der Waals surface area contributed by atoms with Crippen LogP contribution in [0, 0.1) is 5.92 Å². The van der Waals surface area contributed by atoms with Gasteiger partial charge in [-0.1, -0.05) is 0 Å². The first-order valence-corrected chi connectivity index (χ1v) is 8.23. The number of hydrogen-bond donors (Lipinski definition) is 3. The Hall–Kier alpha value is -2.56. The van der Waals surface area contributed by atoms with Gasteiger partial charge in [-0.15, -0.1) is 0 Å². The van der Waals surface area contributed by atoms with E-state index in [1.54, 1.807) is 0 Å². The van der Waals surface area contributed by atoms with Crippen molar-refractivity contribution in [2.75, 3.05) is 11.4 Å². The predicted molar refractivity (Wildman–Crippen MR) is 84.1 cm³/mol. The third-order valence-corrected chi connectivity index (χ3v) is 5.01. The lowest BCUT2D eigenvalue weighted by molar-refractivity contribution is -0.163. The van der Waals surface area contributed by atoms with Crippen molar-refractivity contribution in [3.63, 3.8) is 0 Å². The predicted octanol–water partition coefficient (Wildman–Crippen LogP) is -1.67. The lowest BCUT2D eigenvalue weighted by Crippen LogP contribution is -2.42. The molecule has 4 N–H and O–H groups in total. The van der Waals surface area contributed by atoms with E-state index in [-0.39, 0.29) is 29.2 Å². The van der Waals surface area contributed by atoms with Gasteiger partial charge in [-0.3, -0.25) is 0 Å². The highest BCUT2D eigenvalue weighted by atomic mass is 16.6. The quantitative estimate of drug-likeness (QED) is 0.411. The second kappa shape index (κ2) is 6.01. The Morgan fingerprint density at radius 1 is 1.15 bits per heavy atom. The van der Waals surface area contributed by atoms with Crippen LogP contribution in [-0.2, 0) is 14.3 Å². The summed E-state index contributed by atoms with van der Waals surface area (Å²) in [4.78, 5) is 42.4. The monoisotopic (exact) mass is 363 g/mol. The first kappa shape index (κ1) is 16.9. The number of carbonyl (C=O) groups is 3. The zero-order chi connectivity index (χ0) is 18.6. The van der Waals surface area contributed by atoms with E-state index in [0.717, 1.165) is 12.8 Å². The van der Waals surface area contributed by atoms with Crippen molar-refractivity contribution >= 4 is 23.7 Å². The Kier molecular flexibility index (Phi) is 3.90. The minimum absolute atomic E-state index is 0.0410. The van der Waals surface area contributed by atoms with Gasteiger partial charge in [0.2, 0.25) is 0 Å². The van der Waals surface area contributed by atoms with E-state index in [0.29, 0.717) is 12.5 Å². The summed E-state index contributed by atoms with van der Waals surface area (Å²) in [6, 6.07) is 1.39. The SMILES string of the molecule is NCC1CC2CC2N1c1nccc2c1C(=O)OC(=O)C(O)C(O)C(=O)O2. The summed E-state index contributed by atoms with van der Waals surface area (Å²) in [5.74, 6) is -3.37. The van der Waals surface area contributed by atoms with E-state index in [4.69, 9.17) is 10.5 Å². The molecule has 5 unspecified atom stereocenters. The fraction of sp³-hybridized carbons (Fsp3) is 0.500. The largest absolute Gasteiger partial charge is 0.423 e. The highest BCUT2D eigenvalue weighted by Gasteiger charge is 2.53. The van der Waals surface area contributed by atoms with Gasteiger partial charge in [0.25, 0.3) is 0 Å². The molecule has 1 saturated carbocycles. The number of anilines is 1. The molecule has 5 atom stereocenters. The van der Waals surface area contributed by atoms with Gasteiger partial charge in [-0.05, 0) is 18.8 Å². The summed E-state index contributed by atoms with van der Waals surface area (Å²) in [5, 5.41) is 19.3. The van der Waals surface area contributed by atoms with Gasteiger partial charge in [-0.25, -0.2) is 19.4 Å².